The molecule has 2 radical (unpaired) electrons. The summed E-state index contributed by atoms with van der Waals surface area (Å²) in [6.45, 7) is 13.7. The first-order valence-corrected chi connectivity index (χ1v) is 14.0. The monoisotopic (exact) mass is 392 g/mol. The molecule has 1 fully saturated rings. The van der Waals surface area contributed by atoms with Crippen molar-refractivity contribution in [1.29, 1.82) is 0 Å². The van der Waals surface area contributed by atoms with Crippen LogP contribution < -0.4 is 0 Å². The van der Waals surface area contributed by atoms with Crippen LogP contribution in [0.2, 0.25) is 18.1 Å². The van der Waals surface area contributed by atoms with Gasteiger partial charge in [-0.05, 0) is 31.5 Å². The molecular formula is C16H34BO6PSi. The lowest BCUT2D eigenvalue weighted by molar-refractivity contribution is -0.101. The van der Waals surface area contributed by atoms with E-state index >= 15 is 0 Å². The maximum atomic E-state index is 12.4. The number of ether oxygens (including phenoxy) is 1. The molecule has 2 N–H and O–H groups in total. The standard InChI is InChI=1S/C16H34BO6PSi/c1-8-21-24(5,20)10-9-16(11-18)13(19)12(14(17)22-16)23-25(6,7)15(2,3)4/h12-14,18-19H,8-11H2,1-7H3/t12-,13?,14+,16-,24?/m0/s1. The smallest absolute Gasteiger partial charge is 0.200 e. The van der Waals surface area contributed by atoms with Crippen molar-refractivity contribution in [2.75, 3.05) is 26.0 Å². The molecule has 2 unspecified atom stereocenters. The van der Waals surface area contributed by atoms with Crippen LogP contribution in [0.4, 0.5) is 0 Å². The Balaban J connectivity index is 2.93. The highest BCUT2D eigenvalue weighted by molar-refractivity contribution is 7.58. The third-order valence-electron chi connectivity index (χ3n) is 5.39. The second-order valence-corrected chi connectivity index (χ2v) is 16.0. The van der Waals surface area contributed by atoms with E-state index in [4.69, 9.17) is 21.5 Å². The molecule has 5 atom stereocenters. The summed E-state index contributed by atoms with van der Waals surface area (Å²) in [5.41, 5.74) is -1.28. The minimum Gasteiger partial charge on any atom is -0.409 e. The fourth-order valence-corrected chi connectivity index (χ4v) is 5.44. The van der Waals surface area contributed by atoms with Gasteiger partial charge in [-0.2, -0.15) is 0 Å². The van der Waals surface area contributed by atoms with Crippen LogP contribution in [0, 0.1) is 0 Å². The summed E-state index contributed by atoms with van der Waals surface area (Å²) in [7, 11) is 1.08. The molecule has 9 heteroatoms. The van der Waals surface area contributed by atoms with Crippen molar-refractivity contribution in [3.63, 3.8) is 0 Å². The highest BCUT2D eigenvalue weighted by atomic mass is 31.2. The Hall–Kier alpha value is 0.312. The van der Waals surface area contributed by atoms with Gasteiger partial charge in [0.2, 0.25) is 0 Å². The summed E-state index contributed by atoms with van der Waals surface area (Å²) < 4.78 is 29.6. The molecule has 1 aliphatic heterocycles. The normalized spacial score (nSPS) is 33.4. The maximum absolute atomic E-state index is 12.4. The van der Waals surface area contributed by atoms with Gasteiger partial charge in [0.05, 0.1) is 19.3 Å². The first kappa shape index (κ1) is 23.4. The molecule has 0 aromatic carbocycles. The van der Waals surface area contributed by atoms with Crippen molar-refractivity contribution in [2.45, 2.75) is 76.1 Å². The number of hydrogen-bond acceptors (Lipinski definition) is 6. The summed E-state index contributed by atoms with van der Waals surface area (Å²) >= 11 is 0. The highest BCUT2D eigenvalue weighted by Crippen LogP contribution is 2.47. The van der Waals surface area contributed by atoms with E-state index in [9.17, 15) is 14.8 Å². The molecule has 0 saturated carbocycles. The van der Waals surface area contributed by atoms with E-state index in [1.165, 1.54) is 0 Å². The molecule has 0 spiro atoms. The fraction of sp³-hybridized carbons (Fsp3) is 1.00. The van der Waals surface area contributed by atoms with E-state index in [0.29, 0.717) is 6.61 Å². The lowest BCUT2D eigenvalue weighted by atomic mass is 9.88. The Morgan fingerprint density at radius 2 is 1.92 bits per heavy atom. The van der Waals surface area contributed by atoms with Crippen LogP contribution in [-0.2, 0) is 18.3 Å². The highest BCUT2D eigenvalue weighted by Gasteiger charge is 2.55. The Morgan fingerprint density at radius 3 is 2.36 bits per heavy atom. The lowest BCUT2D eigenvalue weighted by Gasteiger charge is -2.40. The van der Waals surface area contributed by atoms with Crippen LogP contribution in [0.15, 0.2) is 0 Å². The molecule has 25 heavy (non-hydrogen) atoms. The molecule has 1 saturated heterocycles. The largest absolute Gasteiger partial charge is 0.409 e. The first-order valence-electron chi connectivity index (χ1n) is 8.82. The first-order chi connectivity index (χ1) is 11.2. The molecular weight excluding hydrogens is 358 g/mol. The van der Waals surface area contributed by atoms with E-state index in [2.05, 4.69) is 33.9 Å². The van der Waals surface area contributed by atoms with E-state index in [-0.39, 0.29) is 17.6 Å². The number of rotatable bonds is 8. The second kappa shape index (κ2) is 8.13. The van der Waals surface area contributed by atoms with Gasteiger partial charge in [-0.15, -0.1) is 0 Å². The summed E-state index contributed by atoms with van der Waals surface area (Å²) in [6, 6.07) is -0.848. The predicted octanol–water partition coefficient (Wildman–Crippen LogP) is 2.33. The van der Waals surface area contributed by atoms with Crippen molar-refractivity contribution in [2.24, 2.45) is 0 Å². The Kier molecular flexibility index (Phi) is 7.59. The Morgan fingerprint density at radius 1 is 1.36 bits per heavy atom. The minimum absolute atomic E-state index is 0.0506. The van der Waals surface area contributed by atoms with Gasteiger partial charge in [0.1, 0.15) is 19.6 Å². The third-order valence-corrected chi connectivity index (χ3v) is 11.7. The average Bonchev–Trinajstić information content (AvgIpc) is 2.69. The van der Waals surface area contributed by atoms with Gasteiger partial charge < -0.3 is 23.9 Å². The third kappa shape index (κ3) is 5.41. The lowest BCUT2D eigenvalue weighted by Crippen LogP contribution is -2.52. The van der Waals surface area contributed by atoms with Crippen LogP contribution in [0.1, 0.15) is 34.1 Å². The molecule has 0 bridgehead atoms. The van der Waals surface area contributed by atoms with E-state index < -0.39 is 46.1 Å². The number of hydrogen-bond donors (Lipinski definition) is 2. The minimum atomic E-state index is -2.81. The van der Waals surface area contributed by atoms with Crippen molar-refractivity contribution < 1.29 is 28.5 Å². The molecule has 1 aliphatic rings. The molecule has 6 nitrogen and oxygen atoms in total. The molecule has 0 aliphatic carbocycles. The number of aliphatic hydroxyl groups is 2. The number of aliphatic hydroxyl groups excluding tert-OH is 2. The molecule has 0 amide bonds. The molecule has 1 rings (SSSR count). The summed E-state index contributed by atoms with van der Waals surface area (Å²) in [6.07, 6.45) is -1.44. The van der Waals surface area contributed by atoms with E-state index in [1.807, 2.05) is 0 Å². The zero-order valence-electron chi connectivity index (χ0n) is 16.6. The topological polar surface area (TPSA) is 85.2 Å². The molecule has 146 valence electrons. The molecule has 0 aromatic heterocycles. The van der Waals surface area contributed by atoms with Gasteiger partial charge in [0.15, 0.2) is 15.7 Å². The SMILES string of the molecule is [B][C@@H]1O[C@](CO)(CCP(C)(=O)OCC)C(O)[C@@H]1O[Si](C)(C)C(C)(C)C. The zero-order chi connectivity index (χ0) is 19.7. The van der Waals surface area contributed by atoms with E-state index in [1.54, 1.807) is 13.6 Å². The summed E-state index contributed by atoms with van der Waals surface area (Å²) in [4.78, 5) is 0. The zero-order valence-corrected chi connectivity index (χ0v) is 18.5. The van der Waals surface area contributed by atoms with Gasteiger partial charge in [-0.1, -0.05) is 20.8 Å². The molecule has 1 heterocycles. The van der Waals surface area contributed by atoms with Gasteiger partial charge in [-0.3, -0.25) is 4.57 Å². The van der Waals surface area contributed by atoms with Crippen molar-refractivity contribution >= 4 is 23.5 Å². The van der Waals surface area contributed by atoms with Crippen LogP contribution in [0.25, 0.3) is 0 Å². The second-order valence-electron chi connectivity index (χ2n) is 8.50. The van der Waals surface area contributed by atoms with Crippen molar-refractivity contribution in [1.82, 2.24) is 0 Å². The van der Waals surface area contributed by atoms with Crippen LogP contribution >= 0.6 is 7.37 Å². The van der Waals surface area contributed by atoms with Gasteiger partial charge in [-0.25, -0.2) is 0 Å². The van der Waals surface area contributed by atoms with Gasteiger partial charge >= 0.3 is 0 Å². The van der Waals surface area contributed by atoms with Crippen LogP contribution in [-0.4, -0.2) is 76.2 Å². The quantitative estimate of drug-likeness (QED) is 0.487. The van der Waals surface area contributed by atoms with Crippen molar-refractivity contribution in [3.8, 4) is 0 Å². The maximum Gasteiger partial charge on any atom is 0.200 e. The van der Waals surface area contributed by atoms with Crippen LogP contribution in [0.5, 0.6) is 0 Å². The summed E-state index contributed by atoms with van der Waals surface area (Å²) in [5, 5.41) is 20.7. The van der Waals surface area contributed by atoms with Gasteiger partial charge in [0.25, 0.3) is 0 Å². The van der Waals surface area contributed by atoms with Crippen molar-refractivity contribution in [3.05, 3.63) is 0 Å². The average molecular weight is 392 g/mol. The fourth-order valence-electron chi connectivity index (χ4n) is 2.68. The van der Waals surface area contributed by atoms with Gasteiger partial charge in [0, 0.05) is 18.8 Å². The Labute approximate surface area is 154 Å². The molecule has 0 aromatic rings. The van der Waals surface area contributed by atoms with E-state index in [0.717, 1.165) is 0 Å². The van der Waals surface area contributed by atoms with Crippen LogP contribution in [0.3, 0.4) is 0 Å². The Bertz CT molecular complexity index is 498. The summed E-state index contributed by atoms with van der Waals surface area (Å²) in [5.74, 6) is 0. The predicted molar refractivity (Wildman–Crippen MR) is 103 cm³/mol.